The van der Waals surface area contributed by atoms with Gasteiger partial charge in [0.05, 0.1) is 11.6 Å². The van der Waals surface area contributed by atoms with Gasteiger partial charge in [-0.25, -0.2) is 0 Å². The van der Waals surface area contributed by atoms with Crippen LogP contribution in [0.2, 0.25) is 0 Å². The fourth-order valence-electron chi connectivity index (χ4n) is 3.18. The molecule has 0 saturated carbocycles. The summed E-state index contributed by atoms with van der Waals surface area (Å²) in [4.78, 5) is 3.55. The third-order valence-electron chi connectivity index (χ3n) is 4.29. The lowest BCUT2D eigenvalue weighted by Gasteiger charge is -2.06. The zero-order valence-corrected chi connectivity index (χ0v) is 13.2. The Morgan fingerprint density at radius 3 is 2.25 bits per heavy atom. The predicted molar refractivity (Wildman–Crippen MR) is 97.7 cm³/mol. The highest BCUT2D eigenvalue weighted by Gasteiger charge is 2.14. The van der Waals surface area contributed by atoms with E-state index in [4.69, 9.17) is 0 Å². The topological polar surface area (TPSA) is 39.6 Å². The number of nitrogens with one attached hydrogen (secondary N) is 1. The fourth-order valence-corrected chi connectivity index (χ4v) is 3.18. The number of H-pyrrole nitrogens is 1. The molecule has 0 fully saturated rings. The second-order valence-corrected chi connectivity index (χ2v) is 5.88. The van der Waals surface area contributed by atoms with Gasteiger partial charge in [-0.05, 0) is 29.3 Å². The third kappa shape index (κ3) is 2.57. The number of rotatable bonds is 3. The van der Waals surface area contributed by atoms with Gasteiger partial charge < -0.3 is 4.98 Å². The van der Waals surface area contributed by atoms with E-state index < -0.39 is 0 Å². The van der Waals surface area contributed by atoms with Gasteiger partial charge in [0.15, 0.2) is 0 Å². The zero-order chi connectivity index (χ0) is 16.4. The van der Waals surface area contributed by atoms with Crippen molar-refractivity contribution in [3.8, 4) is 17.2 Å². The molecule has 0 aliphatic rings. The van der Waals surface area contributed by atoms with Gasteiger partial charge in [0.2, 0.25) is 0 Å². The van der Waals surface area contributed by atoms with Crippen LogP contribution < -0.4 is 0 Å². The van der Waals surface area contributed by atoms with Crippen LogP contribution in [0.4, 0.5) is 0 Å². The summed E-state index contributed by atoms with van der Waals surface area (Å²) in [6, 6.07) is 28.9. The minimum Gasteiger partial charge on any atom is -0.358 e. The van der Waals surface area contributed by atoms with E-state index in [1.165, 1.54) is 22.4 Å². The first-order valence-corrected chi connectivity index (χ1v) is 7.99. The molecule has 0 saturated heterocycles. The Morgan fingerprint density at radius 2 is 1.54 bits per heavy atom. The minimum atomic E-state index is 0.685. The molecule has 0 spiro atoms. The molecule has 0 bridgehead atoms. The first kappa shape index (κ1) is 14.3. The standard InChI is InChI=1S/C22H16N2/c23-15-17-11-12-20-19(13-17)22(18-9-5-2-6-10-18)21(24-20)14-16-7-3-1-4-8-16/h1-13,24H,14H2. The molecule has 0 aliphatic heterocycles. The number of benzene rings is 3. The highest BCUT2D eigenvalue weighted by Crippen LogP contribution is 2.34. The molecule has 114 valence electrons. The van der Waals surface area contributed by atoms with Crippen molar-refractivity contribution in [2.75, 3.05) is 0 Å². The second kappa shape index (κ2) is 6.06. The van der Waals surface area contributed by atoms with Crippen LogP contribution in [0.15, 0.2) is 78.9 Å². The fraction of sp³-hybridized carbons (Fsp3) is 0.0455. The number of aromatic amines is 1. The van der Waals surface area contributed by atoms with Gasteiger partial charge >= 0.3 is 0 Å². The van der Waals surface area contributed by atoms with Gasteiger partial charge in [0, 0.05) is 28.6 Å². The van der Waals surface area contributed by atoms with Gasteiger partial charge in [-0.1, -0.05) is 60.7 Å². The highest BCUT2D eigenvalue weighted by atomic mass is 14.7. The number of nitriles is 1. The first-order valence-electron chi connectivity index (χ1n) is 7.99. The lowest BCUT2D eigenvalue weighted by Crippen LogP contribution is -1.91. The summed E-state index contributed by atoms with van der Waals surface area (Å²) < 4.78 is 0. The smallest absolute Gasteiger partial charge is 0.0991 e. The van der Waals surface area contributed by atoms with Crippen LogP contribution in [-0.2, 0) is 6.42 Å². The number of aromatic nitrogens is 1. The normalized spacial score (nSPS) is 10.6. The molecule has 2 heteroatoms. The Balaban J connectivity index is 1.94. The summed E-state index contributed by atoms with van der Waals surface area (Å²) in [6.07, 6.45) is 0.835. The van der Waals surface area contributed by atoms with Gasteiger partial charge in [-0.2, -0.15) is 5.26 Å². The Bertz CT molecular complexity index is 1020. The molecular formula is C22H16N2. The molecule has 0 unspecified atom stereocenters. The van der Waals surface area contributed by atoms with Crippen LogP contribution in [0.25, 0.3) is 22.0 Å². The third-order valence-corrected chi connectivity index (χ3v) is 4.29. The maximum Gasteiger partial charge on any atom is 0.0991 e. The molecule has 0 aliphatic carbocycles. The Labute approximate surface area is 141 Å². The quantitative estimate of drug-likeness (QED) is 0.548. The van der Waals surface area contributed by atoms with Gasteiger partial charge in [0.25, 0.3) is 0 Å². The van der Waals surface area contributed by atoms with Crippen LogP contribution >= 0.6 is 0 Å². The Morgan fingerprint density at radius 1 is 0.833 bits per heavy atom. The zero-order valence-electron chi connectivity index (χ0n) is 13.2. The lowest BCUT2D eigenvalue weighted by molar-refractivity contribution is 1.12. The second-order valence-electron chi connectivity index (χ2n) is 5.88. The summed E-state index contributed by atoms with van der Waals surface area (Å²) in [5.41, 5.74) is 6.55. The van der Waals surface area contributed by atoms with E-state index in [1.54, 1.807) is 0 Å². The van der Waals surface area contributed by atoms with Crippen molar-refractivity contribution in [3.63, 3.8) is 0 Å². The van der Waals surface area contributed by atoms with Crippen molar-refractivity contribution in [3.05, 3.63) is 95.7 Å². The predicted octanol–water partition coefficient (Wildman–Crippen LogP) is 5.30. The van der Waals surface area contributed by atoms with Crippen molar-refractivity contribution in [1.29, 1.82) is 5.26 Å². The van der Waals surface area contributed by atoms with Crippen LogP contribution in [0, 0.1) is 11.3 Å². The molecule has 1 N–H and O–H groups in total. The molecule has 0 amide bonds. The van der Waals surface area contributed by atoms with E-state index in [1.807, 2.05) is 30.3 Å². The molecule has 0 radical (unpaired) electrons. The van der Waals surface area contributed by atoms with Crippen LogP contribution in [0.3, 0.4) is 0 Å². The van der Waals surface area contributed by atoms with E-state index in [2.05, 4.69) is 59.6 Å². The number of nitrogens with zero attached hydrogens (tertiary/aromatic N) is 1. The van der Waals surface area contributed by atoms with Crippen molar-refractivity contribution >= 4 is 10.9 Å². The molecule has 4 rings (SSSR count). The summed E-state index contributed by atoms with van der Waals surface area (Å²) >= 11 is 0. The van der Waals surface area contributed by atoms with Crippen LogP contribution in [0.5, 0.6) is 0 Å². The molecule has 2 nitrogen and oxygen atoms in total. The summed E-state index contributed by atoms with van der Waals surface area (Å²) in [6.45, 7) is 0. The molecule has 24 heavy (non-hydrogen) atoms. The summed E-state index contributed by atoms with van der Waals surface area (Å²) in [5, 5.41) is 10.3. The Hall–Kier alpha value is -3.31. The van der Waals surface area contributed by atoms with E-state index in [9.17, 15) is 5.26 Å². The molecule has 1 heterocycles. The number of hydrogen-bond acceptors (Lipinski definition) is 1. The highest BCUT2D eigenvalue weighted by molar-refractivity contribution is 5.98. The molecular weight excluding hydrogens is 292 g/mol. The number of hydrogen-bond donors (Lipinski definition) is 1. The number of fused-ring (bicyclic) bond motifs is 1. The van der Waals surface area contributed by atoms with Crippen molar-refractivity contribution in [2.45, 2.75) is 6.42 Å². The largest absolute Gasteiger partial charge is 0.358 e. The van der Waals surface area contributed by atoms with Gasteiger partial charge in [-0.15, -0.1) is 0 Å². The van der Waals surface area contributed by atoms with Crippen LogP contribution in [0.1, 0.15) is 16.8 Å². The SMILES string of the molecule is N#Cc1ccc2[nH]c(Cc3ccccc3)c(-c3ccccc3)c2c1. The van der Waals surface area contributed by atoms with Gasteiger partial charge in [-0.3, -0.25) is 0 Å². The van der Waals surface area contributed by atoms with Crippen molar-refractivity contribution in [1.82, 2.24) is 4.98 Å². The van der Waals surface area contributed by atoms with E-state index in [-0.39, 0.29) is 0 Å². The lowest BCUT2D eigenvalue weighted by atomic mass is 9.98. The average Bonchev–Trinajstić information content (AvgIpc) is 3.00. The summed E-state index contributed by atoms with van der Waals surface area (Å²) in [5.74, 6) is 0. The summed E-state index contributed by atoms with van der Waals surface area (Å²) in [7, 11) is 0. The van der Waals surface area contributed by atoms with E-state index in [0.29, 0.717) is 5.56 Å². The van der Waals surface area contributed by atoms with Gasteiger partial charge in [0.1, 0.15) is 0 Å². The van der Waals surface area contributed by atoms with Crippen LogP contribution in [-0.4, -0.2) is 4.98 Å². The van der Waals surface area contributed by atoms with E-state index in [0.717, 1.165) is 17.3 Å². The maximum absolute atomic E-state index is 9.24. The Kier molecular flexibility index (Phi) is 3.61. The first-order chi connectivity index (χ1) is 11.8. The molecule has 4 aromatic rings. The van der Waals surface area contributed by atoms with Crippen molar-refractivity contribution in [2.24, 2.45) is 0 Å². The minimum absolute atomic E-state index is 0.685. The average molecular weight is 308 g/mol. The molecule has 1 aromatic heterocycles. The molecule has 0 atom stereocenters. The van der Waals surface area contributed by atoms with E-state index >= 15 is 0 Å². The maximum atomic E-state index is 9.24. The van der Waals surface area contributed by atoms with Crippen molar-refractivity contribution < 1.29 is 0 Å². The monoisotopic (exact) mass is 308 g/mol. The molecule has 3 aromatic carbocycles.